The largest absolute Gasteiger partial charge is 0.453 e. The fourth-order valence-electron chi connectivity index (χ4n) is 2.12. The summed E-state index contributed by atoms with van der Waals surface area (Å²) in [5.41, 5.74) is 0.557. The number of sulfone groups is 1. The van der Waals surface area contributed by atoms with E-state index in [1.54, 1.807) is 24.3 Å². The summed E-state index contributed by atoms with van der Waals surface area (Å²) in [6, 6.07) is 9.01. The van der Waals surface area contributed by atoms with Gasteiger partial charge in [0.2, 0.25) is 0 Å². The molecule has 136 valence electrons. The maximum Gasteiger partial charge on any atom is 0.453 e. The van der Waals surface area contributed by atoms with E-state index in [9.17, 15) is 21.6 Å². The summed E-state index contributed by atoms with van der Waals surface area (Å²) >= 11 is 3.26. The molecule has 1 aromatic carbocycles. The van der Waals surface area contributed by atoms with E-state index in [1.807, 2.05) is 0 Å². The molecule has 0 saturated carbocycles. The molecular formula is C15H10BrF3N4O2S. The van der Waals surface area contributed by atoms with Crippen molar-refractivity contribution in [1.29, 1.82) is 0 Å². The normalized spacial score (nSPS) is 12.3. The van der Waals surface area contributed by atoms with Gasteiger partial charge in [-0.2, -0.15) is 13.2 Å². The molecule has 0 unspecified atom stereocenters. The molecule has 0 N–H and O–H groups in total. The van der Waals surface area contributed by atoms with Gasteiger partial charge in [0, 0.05) is 16.3 Å². The second kappa shape index (κ2) is 6.47. The topological polar surface area (TPSA) is 77.7 Å². The van der Waals surface area contributed by atoms with Gasteiger partial charge in [0.1, 0.15) is 0 Å². The van der Waals surface area contributed by atoms with Gasteiger partial charge in [-0.1, -0.05) is 28.1 Å². The SMILES string of the molecule is CS(=O)(=O)c1ccc(-n2nc(C(F)(F)F)nc2-c2ccc(Br)cc2)cn1. The lowest BCUT2D eigenvalue weighted by molar-refractivity contribution is -0.144. The van der Waals surface area contributed by atoms with Gasteiger partial charge in [0.15, 0.2) is 20.7 Å². The molecular weight excluding hydrogens is 437 g/mol. The van der Waals surface area contributed by atoms with Crippen LogP contribution in [-0.4, -0.2) is 34.4 Å². The van der Waals surface area contributed by atoms with Crippen molar-refractivity contribution >= 4 is 25.8 Å². The number of benzene rings is 1. The van der Waals surface area contributed by atoms with Gasteiger partial charge in [-0.3, -0.25) is 0 Å². The lowest BCUT2D eigenvalue weighted by Crippen LogP contribution is -2.09. The number of alkyl halides is 3. The number of halogens is 4. The second-order valence-corrected chi connectivity index (χ2v) is 8.18. The van der Waals surface area contributed by atoms with E-state index in [0.29, 0.717) is 5.56 Å². The number of nitrogens with zero attached hydrogens (tertiary/aromatic N) is 4. The summed E-state index contributed by atoms with van der Waals surface area (Å²) < 4.78 is 63.9. The van der Waals surface area contributed by atoms with Crippen LogP contribution >= 0.6 is 15.9 Å². The zero-order valence-electron chi connectivity index (χ0n) is 13.1. The summed E-state index contributed by atoms with van der Waals surface area (Å²) in [5.74, 6) is -1.35. The van der Waals surface area contributed by atoms with Crippen LogP contribution < -0.4 is 0 Å². The third-order valence-electron chi connectivity index (χ3n) is 3.31. The quantitative estimate of drug-likeness (QED) is 0.614. The lowest BCUT2D eigenvalue weighted by atomic mass is 10.2. The minimum absolute atomic E-state index is 0.0428. The highest BCUT2D eigenvalue weighted by molar-refractivity contribution is 9.10. The first-order chi connectivity index (χ1) is 12.1. The van der Waals surface area contributed by atoms with E-state index >= 15 is 0 Å². The minimum atomic E-state index is -4.73. The maximum atomic E-state index is 13.1. The van der Waals surface area contributed by atoms with Crippen LogP contribution in [0.25, 0.3) is 17.1 Å². The molecule has 0 spiro atoms. The molecule has 2 aromatic heterocycles. The Balaban J connectivity index is 2.16. The zero-order chi connectivity index (χ0) is 19.1. The Morgan fingerprint density at radius 2 is 1.73 bits per heavy atom. The molecule has 26 heavy (non-hydrogen) atoms. The summed E-state index contributed by atoms with van der Waals surface area (Å²) in [6.45, 7) is 0. The standard InChI is InChI=1S/C15H10BrF3N4O2S/c1-26(24,25)12-7-6-11(8-20-12)23-13(9-2-4-10(16)5-3-9)21-14(22-23)15(17,18)19/h2-8H,1H3. The number of aromatic nitrogens is 4. The van der Waals surface area contributed by atoms with Gasteiger partial charge < -0.3 is 0 Å². The highest BCUT2D eigenvalue weighted by Gasteiger charge is 2.37. The first-order valence-corrected chi connectivity index (χ1v) is 9.71. The van der Waals surface area contributed by atoms with Crippen LogP contribution in [0.3, 0.4) is 0 Å². The fraction of sp³-hybridized carbons (Fsp3) is 0.133. The highest BCUT2D eigenvalue weighted by Crippen LogP contribution is 2.30. The molecule has 3 rings (SSSR count). The van der Waals surface area contributed by atoms with Crippen LogP contribution in [0.2, 0.25) is 0 Å². The van der Waals surface area contributed by atoms with Crippen LogP contribution in [0, 0.1) is 0 Å². The summed E-state index contributed by atoms with van der Waals surface area (Å²) in [6.07, 6.45) is -2.61. The zero-order valence-corrected chi connectivity index (χ0v) is 15.5. The predicted octanol–water partition coefficient (Wildman–Crippen LogP) is 3.51. The van der Waals surface area contributed by atoms with Crippen LogP contribution in [0.4, 0.5) is 13.2 Å². The molecule has 0 aliphatic heterocycles. The average molecular weight is 447 g/mol. The molecule has 0 radical (unpaired) electrons. The van der Waals surface area contributed by atoms with E-state index in [1.165, 1.54) is 12.1 Å². The number of pyridine rings is 1. The van der Waals surface area contributed by atoms with Crippen LogP contribution in [0.5, 0.6) is 0 Å². The minimum Gasteiger partial charge on any atom is -0.242 e. The Hall–Kier alpha value is -2.27. The average Bonchev–Trinajstić information content (AvgIpc) is 3.00. The Morgan fingerprint density at radius 3 is 2.23 bits per heavy atom. The highest BCUT2D eigenvalue weighted by atomic mass is 79.9. The number of hydrogen-bond donors (Lipinski definition) is 0. The van der Waals surface area contributed by atoms with Crippen LogP contribution in [0.15, 0.2) is 52.1 Å². The van der Waals surface area contributed by atoms with Crippen molar-refractivity contribution in [2.75, 3.05) is 6.26 Å². The lowest BCUT2D eigenvalue weighted by Gasteiger charge is -2.06. The maximum absolute atomic E-state index is 13.1. The molecule has 0 saturated heterocycles. The van der Waals surface area contributed by atoms with E-state index < -0.39 is 21.8 Å². The predicted molar refractivity (Wildman–Crippen MR) is 90.4 cm³/mol. The first kappa shape index (κ1) is 18.5. The molecule has 3 aromatic rings. The van der Waals surface area contributed by atoms with Crippen LogP contribution in [0.1, 0.15) is 5.82 Å². The number of hydrogen-bond acceptors (Lipinski definition) is 5. The summed E-state index contributed by atoms with van der Waals surface area (Å²) in [4.78, 5) is 7.38. The molecule has 11 heteroatoms. The van der Waals surface area contributed by atoms with E-state index in [0.717, 1.165) is 21.6 Å². The van der Waals surface area contributed by atoms with Gasteiger partial charge >= 0.3 is 6.18 Å². The Morgan fingerprint density at radius 1 is 1.08 bits per heavy atom. The Bertz CT molecular complexity index is 1050. The fourth-order valence-corrected chi connectivity index (χ4v) is 2.94. The Kier molecular flexibility index (Phi) is 4.61. The van der Waals surface area contributed by atoms with Crippen molar-refractivity contribution in [1.82, 2.24) is 19.7 Å². The van der Waals surface area contributed by atoms with Crippen molar-refractivity contribution in [2.45, 2.75) is 11.2 Å². The number of rotatable bonds is 3. The smallest absolute Gasteiger partial charge is 0.242 e. The third kappa shape index (κ3) is 3.78. The van der Waals surface area contributed by atoms with Gasteiger partial charge in [-0.15, -0.1) is 5.10 Å². The summed E-state index contributed by atoms with van der Waals surface area (Å²) in [5, 5.41) is 3.33. The van der Waals surface area contributed by atoms with Crippen molar-refractivity contribution in [3.8, 4) is 17.1 Å². The van der Waals surface area contributed by atoms with E-state index in [-0.39, 0.29) is 16.5 Å². The molecule has 0 atom stereocenters. The molecule has 0 bridgehead atoms. The molecule has 2 heterocycles. The van der Waals surface area contributed by atoms with E-state index in [2.05, 4.69) is 31.0 Å². The molecule has 0 aliphatic rings. The van der Waals surface area contributed by atoms with Crippen molar-refractivity contribution < 1.29 is 21.6 Å². The third-order valence-corrected chi connectivity index (χ3v) is 4.84. The van der Waals surface area contributed by atoms with Crippen molar-refractivity contribution in [2.24, 2.45) is 0 Å². The second-order valence-electron chi connectivity index (χ2n) is 5.30. The molecule has 0 aliphatic carbocycles. The van der Waals surface area contributed by atoms with Crippen LogP contribution in [-0.2, 0) is 16.0 Å². The molecule has 0 amide bonds. The molecule has 6 nitrogen and oxygen atoms in total. The first-order valence-electron chi connectivity index (χ1n) is 7.02. The van der Waals surface area contributed by atoms with Gasteiger partial charge in [0.25, 0.3) is 5.82 Å². The van der Waals surface area contributed by atoms with Gasteiger partial charge in [0.05, 0.1) is 11.9 Å². The van der Waals surface area contributed by atoms with E-state index in [4.69, 9.17) is 0 Å². The molecule has 0 fully saturated rings. The summed E-state index contributed by atoms with van der Waals surface area (Å²) in [7, 11) is -3.53. The van der Waals surface area contributed by atoms with Crippen molar-refractivity contribution in [3.63, 3.8) is 0 Å². The van der Waals surface area contributed by atoms with Gasteiger partial charge in [-0.05, 0) is 24.3 Å². The monoisotopic (exact) mass is 446 g/mol. The Labute approximate surface area is 154 Å². The van der Waals surface area contributed by atoms with Crippen molar-refractivity contribution in [3.05, 3.63) is 52.9 Å². The van der Waals surface area contributed by atoms with Gasteiger partial charge in [-0.25, -0.2) is 23.1 Å².